The van der Waals surface area contributed by atoms with Crippen LogP contribution in [0.3, 0.4) is 0 Å². The number of nitrogens with one attached hydrogen (secondary N) is 1. The van der Waals surface area contributed by atoms with Gasteiger partial charge in [-0.1, -0.05) is 67.5 Å². The van der Waals surface area contributed by atoms with Gasteiger partial charge in [-0.15, -0.1) is 0 Å². The number of nitrogens with zero attached hydrogens (tertiary/aromatic N) is 2. The summed E-state index contributed by atoms with van der Waals surface area (Å²) in [4.78, 5) is 50.1. The monoisotopic (exact) mass is 807 g/mol. The molecule has 2 saturated carbocycles. The minimum atomic E-state index is -3.85. The summed E-state index contributed by atoms with van der Waals surface area (Å²) in [6, 6.07) is 21.2. The van der Waals surface area contributed by atoms with Crippen molar-refractivity contribution in [3.8, 4) is 22.8 Å². The van der Waals surface area contributed by atoms with Crippen LogP contribution in [0.15, 0.2) is 84.9 Å². The fraction of sp³-hybridized carbons (Fsp3) is 0.435. The molecule has 2 aliphatic heterocycles. The number of ether oxygens (including phenoxy) is 2. The molecule has 4 aliphatic rings. The lowest BCUT2D eigenvalue weighted by Crippen LogP contribution is -2.46. The fourth-order valence-electron chi connectivity index (χ4n) is 8.78. The molecule has 1 saturated heterocycles. The van der Waals surface area contributed by atoms with Gasteiger partial charge in [-0.25, -0.2) is 17.8 Å². The molecule has 3 aromatic carbocycles. The number of allylic oxidation sites excluding steroid dienone is 2. The lowest BCUT2D eigenvalue weighted by Gasteiger charge is -2.29. The van der Waals surface area contributed by atoms with Gasteiger partial charge in [-0.3, -0.25) is 19.1 Å². The van der Waals surface area contributed by atoms with Crippen molar-refractivity contribution in [1.82, 2.24) is 14.6 Å². The lowest BCUT2D eigenvalue weighted by molar-refractivity contribution is -0.142. The van der Waals surface area contributed by atoms with Crippen molar-refractivity contribution < 1.29 is 36.7 Å². The van der Waals surface area contributed by atoms with E-state index in [-0.39, 0.29) is 42.8 Å². The number of fused-ring (bicyclic) bond motifs is 3. The van der Waals surface area contributed by atoms with E-state index in [1.807, 2.05) is 66.7 Å². The van der Waals surface area contributed by atoms with Gasteiger partial charge >= 0.3 is 0 Å². The molecular weight excluding hydrogens is 758 g/mol. The third kappa shape index (κ3) is 8.39. The van der Waals surface area contributed by atoms with Crippen LogP contribution in [0.2, 0.25) is 0 Å². The summed E-state index contributed by atoms with van der Waals surface area (Å²) in [7, 11) is -2.25. The molecule has 2 aliphatic carbocycles. The van der Waals surface area contributed by atoms with Gasteiger partial charge in [0.05, 0.1) is 41.6 Å². The molecule has 0 spiro atoms. The minimum absolute atomic E-state index is 0.132. The summed E-state index contributed by atoms with van der Waals surface area (Å²) >= 11 is 0. The maximum absolute atomic E-state index is 14.9. The van der Waals surface area contributed by atoms with Crippen LogP contribution < -0.4 is 14.2 Å². The molecule has 58 heavy (non-hydrogen) atoms. The Labute approximate surface area is 339 Å². The third-order valence-corrected chi connectivity index (χ3v) is 14.2. The summed E-state index contributed by atoms with van der Waals surface area (Å²) in [6.45, 7) is 1.84. The number of hydrogen-bond acceptors (Lipinski definition) is 8. The number of rotatable bonds is 9. The Morgan fingerprint density at radius 1 is 1.00 bits per heavy atom. The highest BCUT2D eigenvalue weighted by Crippen LogP contribution is 2.57. The highest BCUT2D eigenvalue weighted by molar-refractivity contribution is 7.90. The zero-order valence-corrected chi connectivity index (χ0v) is 33.8. The van der Waals surface area contributed by atoms with E-state index in [0.29, 0.717) is 60.4 Å². The van der Waals surface area contributed by atoms with Gasteiger partial charge in [0.15, 0.2) is 5.78 Å². The van der Waals surface area contributed by atoms with E-state index in [1.165, 1.54) is 6.07 Å². The van der Waals surface area contributed by atoms with E-state index in [2.05, 4.69) is 4.72 Å². The second-order valence-corrected chi connectivity index (χ2v) is 18.5. The maximum Gasteiger partial charge on any atom is 0.240 e. The SMILES string of the molecule is COc1ccc2c(O[C@@H]3C[C@H]4C(=O)C[C@]5(C(=O)NS(=O)(=O)C6CC6)C[C@@H]5/C=C\CCCCC[C@H](Cc5ccc(F)c(C)c5)C(=O)N4C3)cc(-c3ccccc3)nc2c1. The second kappa shape index (κ2) is 16.3. The van der Waals surface area contributed by atoms with Gasteiger partial charge in [0.2, 0.25) is 21.8 Å². The normalized spacial score (nSPS) is 25.9. The standard InChI is InChI=1S/C46H50FN3O7S/c1-29-21-30(15-20-38(29)47)22-32-13-7-4-3-5-10-14-33-26-46(33,45(53)49-58(54,55)36-17-18-36)27-42(51)41-24-35(28-50(41)44(32)52)57-43-25-39(31-11-8-6-9-12-31)48-40-23-34(56-2)16-19-37(40)43/h6,8-12,14-16,19-21,23,25,32-33,35-36,41H,3-5,7,13,17-18,22,24,26-28H2,1-2H3,(H,49,53)/b14-10-/t32-,33+,35-,41+,46-/m1/s1. The van der Waals surface area contributed by atoms with Gasteiger partial charge in [0.1, 0.15) is 23.4 Å². The molecule has 0 bridgehead atoms. The number of ketones is 1. The topological polar surface area (TPSA) is 132 Å². The molecule has 0 unspecified atom stereocenters. The molecule has 8 rings (SSSR count). The molecule has 3 fully saturated rings. The van der Waals surface area contributed by atoms with Crippen molar-refractivity contribution in [1.29, 1.82) is 0 Å². The van der Waals surface area contributed by atoms with E-state index in [4.69, 9.17) is 14.5 Å². The predicted molar refractivity (Wildman–Crippen MR) is 219 cm³/mol. The number of hydrogen-bond donors (Lipinski definition) is 1. The molecule has 0 radical (unpaired) electrons. The van der Waals surface area contributed by atoms with Crippen LogP contribution in [-0.2, 0) is 30.8 Å². The molecular formula is C46H50FN3O7S. The van der Waals surface area contributed by atoms with E-state index in [9.17, 15) is 27.2 Å². The molecule has 3 heterocycles. The molecule has 12 heteroatoms. The van der Waals surface area contributed by atoms with Crippen molar-refractivity contribution in [2.75, 3.05) is 13.7 Å². The number of pyridine rings is 1. The number of sulfonamides is 1. The Bertz CT molecular complexity index is 2370. The number of Topliss-reactive ketones (excluding diaryl/α,β-unsaturated/α-hetero) is 1. The fourth-order valence-corrected chi connectivity index (χ4v) is 10.2. The number of halogens is 1. The molecule has 4 aromatic rings. The highest BCUT2D eigenvalue weighted by Gasteiger charge is 2.61. The quantitative estimate of drug-likeness (QED) is 0.171. The second-order valence-electron chi connectivity index (χ2n) is 16.6. The first-order valence-corrected chi connectivity index (χ1v) is 22.0. The van der Waals surface area contributed by atoms with Gasteiger partial charge in [0, 0.05) is 41.8 Å². The Hall–Kier alpha value is -5.10. The van der Waals surface area contributed by atoms with Crippen molar-refractivity contribution in [2.45, 2.75) is 94.9 Å². The Morgan fingerprint density at radius 3 is 2.57 bits per heavy atom. The average molecular weight is 808 g/mol. The first kappa shape index (κ1) is 39.7. The van der Waals surface area contributed by atoms with Gasteiger partial charge in [0.25, 0.3) is 0 Å². The molecule has 304 valence electrons. The minimum Gasteiger partial charge on any atom is -0.497 e. The van der Waals surface area contributed by atoms with Gasteiger partial charge < -0.3 is 14.4 Å². The Kier molecular flexibility index (Phi) is 11.1. The summed E-state index contributed by atoms with van der Waals surface area (Å²) in [6.07, 6.45) is 9.06. The first-order valence-electron chi connectivity index (χ1n) is 20.5. The van der Waals surface area contributed by atoms with Crippen LogP contribution in [0.25, 0.3) is 22.2 Å². The van der Waals surface area contributed by atoms with Crippen LogP contribution in [-0.4, -0.2) is 66.9 Å². The molecule has 1 aromatic heterocycles. The summed E-state index contributed by atoms with van der Waals surface area (Å²) in [5.74, 6) is -1.02. The molecule has 5 atom stereocenters. The maximum atomic E-state index is 14.9. The zero-order valence-electron chi connectivity index (χ0n) is 33.0. The number of carbonyl (C=O) groups is 3. The van der Waals surface area contributed by atoms with Crippen molar-refractivity contribution in [3.63, 3.8) is 0 Å². The largest absolute Gasteiger partial charge is 0.497 e. The molecule has 10 nitrogen and oxygen atoms in total. The van der Waals surface area contributed by atoms with Crippen LogP contribution in [0, 0.1) is 30.0 Å². The van der Waals surface area contributed by atoms with Crippen molar-refractivity contribution in [2.24, 2.45) is 17.3 Å². The van der Waals surface area contributed by atoms with Crippen LogP contribution in [0.4, 0.5) is 4.39 Å². The van der Waals surface area contributed by atoms with Gasteiger partial charge in [-0.05, 0) is 87.1 Å². The predicted octanol–water partition coefficient (Wildman–Crippen LogP) is 7.66. The third-order valence-electron chi connectivity index (χ3n) is 12.4. The van der Waals surface area contributed by atoms with E-state index in [1.54, 1.807) is 31.1 Å². The lowest BCUT2D eigenvalue weighted by atomic mass is 9.89. The summed E-state index contributed by atoms with van der Waals surface area (Å²) in [5.41, 5.74) is 2.36. The van der Waals surface area contributed by atoms with E-state index in [0.717, 1.165) is 42.2 Å². The Morgan fingerprint density at radius 2 is 1.81 bits per heavy atom. The van der Waals surface area contributed by atoms with Crippen molar-refractivity contribution in [3.05, 3.63) is 102 Å². The highest BCUT2D eigenvalue weighted by atomic mass is 32.2. The number of methoxy groups -OCH3 is 1. The van der Waals surface area contributed by atoms with Crippen molar-refractivity contribution >= 4 is 38.5 Å². The smallest absolute Gasteiger partial charge is 0.240 e. The number of aryl methyl sites for hydroxylation is 1. The van der Waals surface area contributed by atoms with Crippen LogP contribution in [0.1, 0.15) is 75.3 Å². The number of benzene rings is 3. The summed E-state index contributed by atoms with van der Waals surface area (Å²) in [5, 5.41) is 0.154. The average Bonchev–Trinajstić information content (AvgIpc) is 4.15. The first-order chi connectivity index (χ1) is 27.9. The summed E-state index contributed by atoms with van der Waals surface area (Å²) < 4.78 is 54.9. The van der Waals surface area contributed by atoms with Crippen LogP contribution in [0.5, 0.6) is 11.5 Å². The molecule has 2 amide bonds. The van der Waals surface area contributed by atoms with Gasteiger partial charge in [-0.2, -0.15) is 0 Å². The molecule has 1 N–H and O–H groups in total. The van der Waals surface area contributed by atoms with E-state index < -0.39 is 44.7 Å². The Balaban J connectivity index is 1.14. The number of aromatic nitrogens is 1. The number of carbonyl (C=O) groups excluding carboxylic acids is 3. The zero-order chi connectivity index (χ0) is 40.6. The number of amides is 2. The van der Waals surface area contributed by atoms with E-state index >= 15 is 0 Å². The van der Waals surface area contributed by atoms with Crippen LogP contribution >= 0.6 is 0 Å².